The normalized spacial score (nSPS) is 15.2. The molecule has 3 heterocycles. The Morgan fingerprint density at radius 3 is 1.07 bits per heavy atom. The first-order valence-corrected chi connectivity index (χ1v) is 40.7. The highest BCUT2D eigenvalue weighted by Gasteiger charge is 2.39. The van der Waals surface area contributed by atoms with Crippen LogP contribution in [0.4, 0.5) is 0 Å². The van der Waals surface area contributed by atoms with Gasteiger partial charge in [-0.1, -0.05) is 26.7 Å². The molecule has 0 N–H and O–H groups in total. The lowest BCUT2D eigenvalue weighted by atomic mass is 10.3. The van der Waals surface area contributed by atoms with Gasteiger partial charge in [0.15, 0.2) is 33.3 Å². The van der Waals surface area contributed by atoms with Gasteiger partial charge in [-0.2, -0.15) is 0 Å². The summed E-state index contributed by atoms with van der Waals surface area (Å²) in [5.74, 6) is 0. The topological polar surface area (TPSA) is 181 Å². The van der Waals surface area contributed by atoms with Gasteiger partial charge in [0.25, 0.3) is 0 Å². The first-order valence-electron chi connectivity index (χ1n) is 22.0. The highest BCUT2D eigenvalue weighted by atomic mass is 28.5. The number of hydrogen-bond acceptors (Lipinski definition) is 11. The quantitative estimate of drug-likeness (QED) is 0.0996. The fourth-order valence-electron chi connectivity index (χ4n) is 7.64. The molecule has 0 aromatic carbocycles. The Kier molecular flexibility index (Phi) is 20.0. The van der Waals surface area contributed by atoms with E-state index in [4.69, 9.17) is 21.2 Å². The molecule has 0 bridgehead atoms. The summed E-state index contributed by atoms with van der Waals surface area (Å²) in [5.41, 5.74) is -3.19. The zero-order valence-corrected chi connectivity index (χ0v) is 46.7. The van der Waals surface area contributed by atoms with Crippen molar-refractivity contribution in [2.24, 2.45) is 7.05 Å². The lowest BCUT2D eigenvalue weighted by Crippen LogP contribution is -2.55. The fraction of sp³-hybridized carbons (Fsp3) is 0.842. The number of aromatic nitrogens is 6. The molecular weight excluding hydrogens is 885 g/mol. The molecule has 3 rings (SSSR count). The minimum atomic E-state index is -2.25. The Bertz CT molecular complexity index is 2120. The highest BCUT2D eigenvalue weighted by Crippen LogP contribution is 2.25. The largest absolute Gasteiger partial charge is 0.437 e. The number of hydrogen-bond donors (Lipinski definition) is 0. The molecule has 0 saturated carbocycles. The van der Waals surface area contributed by atoms with Crippen molar-refractivity contribution in [3.63, 3.8) is 0 Å². The molecule has 1 atom stereocenters. The zero-order chi connectivity index (χ0) is 46.9. The van der Waals surface area contributed by atoms with Crippen LogP contribution in [0.25, 0.3) is 0 Å². The SMILES string of the molecule is CCCCn1c(=O)n(C)c(=O)n(CCC[Si](C)(C)O[Si](C)(C)O[Si](C)(C)C)c1=O.CCCCn1c(=O)n(CCC[Si](C)(C)O[Si](C)(C)O[Si](C)(C)C)c(=O)n(CC2CO2)c1=O. The van der Waals surface area contributed by atoms with Crippen molar-refractivity contribution in [1.29, 1.82) is 0 Å². The van der Waals surface area contributed by atoms with E-state index in [0.717, 1.165) is 40.5 Å². The van der Waals surface area contributed by atoms with Crippen LogP contribution in [0.5, 0.6) is 0 Å². The molecule has 0 amide bonds. The molecule has 0 aliphatic carbocycles. The number of ether oxygens (including phenoxy) is 1. The van der Waals surface area contributed by atoms with Gasteiger partial charge < -0.3 is 21.2 Å². The monoisotopic (exact) mass is 964 g/mol. The van der Waals surface area contributed by atoms with Crippen molar-refractivity contribution in [3.8, 4) is 0 Å². The highest BCUT2D eigenvalue weighted by molar-refractivity contribution is 6.88. The third kappa shape index (κ3) is 18.5. The van der Waals surface area contributed by atoms with Crippen LogP contribution in [0.1, 0.15) is 52.4 Å². The van der Waals surface area contributed by atoms with Gasteiger partial charge in [-0.3, -0.25) is 0 Å². The van der Waals surface area contributed by atoms with Gasteiger partial charge in [0, 0.05) is 33.2 Å². The molecule has 1 aliphatic rings. The molecule has 1 fully saturated rings. The minimum Gasteiger partial charge on any atom is -0.437 e. The maximum atomic E-state index is 13.0. The maximum Gasteiger partial charge on any atom is 0.336 e. The summed E-state index contributed by atoms with van der Waals surface area (Å²) >= 11 is 0. The van der Waals surface area contributed by atoms with Gasteiger partial charge in [0.1, 0.15) is 0 Å². The van der Waals surface area contributed by atoms with E-state index in [-0.39, 0.29) is 25.7 Å². The van der Waals surface area contributed by atoms with Crippen LogP contribution < -0.4 is 34.1 Å². The fourth-order valence-corrected chi connectivity index (χ4v) is 34.0. The van der Waals surface area contributed by atoms with Gasteiger partial charge in [0.05, 0.1) is 19.3 Å². The third-order valence-corrected chi connectivity index (χ3v) is 29.9. The van der Waals surface area contributed by atoms with E-state index in [2.05, 4.69) is 91.7 Å². The third-order valence-electron chi connectivity index (χ3n) is 9.61. The predicted molar refractivity (Wildman–Crippen MR) is 259 cm³/mol. The predicted octanol–water partition coefficient (Wildman–Crippen LogP) is 5.21. The maximum absolute atomic E-state index is 13.0. The lowest BCUT2D eigenvalue weighted by Gasteiger charge is -2.37. The molecule has 2 aromatic heterocycles. The molecule has 1 unspecified atom stereocenters. The smallest absolute Gasteiger partial charge is 0.336 e. The summed E-state index contributed by atoms with van der Waals surface area (Å²) in [5, 5.41) is 0. The van der Waals surface area contributed by atoms with Crippen LogP contribution >= 0.6 is 0 Å². The van der Waals surface area contributed by atoms with E-state index < -0.39 is 84.5 Å². The second-order valence-electron chi connectivity index (χ2n) is 20.3. The van der Waals surface area contributed by atoms with Crippen LogP contribution in [0.2, 0.25) is 104 Å². The molecule has 17 nitrogen and oxygen atoms in total. The molecular formula is C38H80N6O11Si6. The van der Waals surface area contributed by atoms with Gasteiger partial charge in [-0.05, 0) is 129 Å². The first-order chi connectivity index (χ1) is 27.8. The lowest BCUT2D eigenvalue weighted by molar-refractivity contribution is 0.356. The minimum absolute atomic E-state index is 0.121. The molecule has 1 aliphatic heterocycles. The van der Waals surface area contributed by atoms with Crippen LogP contribution in [-0.4, -0.2) is 90.5 Å². The van der Waals surface area contributed by atoms with Crippen LogP contribution in [0.15, 0.2) is 28.8 Å². The van der Waals surface area contributed by atoms with Crippen molar-refractivity contribution < 1.29 is 21.2 Å². The van der Waals surface area contributed by atoms with Gasteiger partial charge in [0.2, 0.25) is 0 Å². The summed E-state index contributed by atoms with van der Waals surface area (Å²) in [4.78, 5) is 76.1. The molecule has 0 spiro atoms. The standard InChI is InChI=1S/C20H41N3O6Si3.C18H39N3O5Si3/c1-9-10-12-21-18(24)22(20(26)23(19(21)25)15-17-16-27-17)13-11-14-31(5,6)29-32(7,8)28-30(2,3)4;1-10-11-13-20-16(22)19(2)17(23)21(18(20)24)14-12-15-28(6,7)26-29(8,9)25-27(3,4)5/h17H,9-16H2,1-8H3;10-15H2,1-9H3. The van der Waals surface area contributed by atoms with E-state index in [1.165, 1.54) is 25.3 Å². The Labute approximate surface area is 369 Å². The number of rotatable bonds is 24. The van der Waals surface area contributed by atoms with Crippen molar-refractivity contribution in [1.82, 2.24) is 27.4 Å². The van der Waals surface area contributed by atoms with Crippen molar-refractivity contribution in [2.75, 3.05) is 6.61 Å². The first kappa shape index (κ1) is 55.1. The van der Waals surface area contributed by atoms with Crippen molar-refractivity contribution in [3.05, 3.63) is 62.9 Å². The van der Waals surface area contributed by atoms with E-state index in [0.29, 0.717) is 39.0 Å². The summed E-state index contributed by atoms with van der Waals surface area (Å²) < 4.78 is 37.8. The van der Waals surface area contributed by atoms with Crippen molar-refractivity contribution in [2.45, 2.75) is 195 Å². The Balaban J connectivity index is 0.000000422. The Morgan fingerprint density at radius 1 is 0.475 bits per heavy atom. The van der Waals surface area contributed by atoms with Crippen LogP contribution in [-0.2, 0) is 61.0 Å². The van der Waals surface area contributed by atoms with Crippen LogP contribution in [0.3, 0.4) is 0 Å². The number of nitrogens with zero attached hydrogens (tertiary/aromatic N) is 6. The Hall–Kier alpha value is -2.08. The van der Waals surface area contributed by atoms with E-state index >= 15 is 0 Å². The number of unbranched alkanes of at least 4 members (excludes halogenated alkanes) is 2. The van der Waals surface area contributed by atoms with E-state index in [1.807, 2.05) is 13.8 Å². The second-order valence-corrected chi connectivity index (χ2v) is 45.6. The molecule has 23 heteroatoms. The van der Waals surface area contributed by atoms with Crippen molar-refractivity contribution >= 4 is 50.4 Å². The molecule has 1 saturated heterocycles. The van der Waals surface area contributed by atoms with E-state index in [1.54, 1.807) is 0 Å². The molecule has 0 radical (unpaired) electrons. The average molecular weight is 966 g/mol. The van der Waals surface area contributed by atoms with Gasteiger partial charge >= 0.3 is 51.3 Å². The van der Waals surface area contributed by atoms with E-state index in [9.17, 15) is 28.8 Å². The number of epoxide rings is 1. The van der Waals surface area contributed by atoms with Crippen LogP contribution in [0, 0.1) is 0 Å². The Morgan fingerprint density at radius 2 is 0.770 bits per heavy atom. The summed E-state index contributed by atoms with van der Waals surface area (Å²) in [6.45, 7) is 35.9. The average Bonchev–Trinajstić information content (AvgIpc) is 3.90. The molecule has 61 heavy (non-hydrogen) atoms. The second kappa shape index (κ2) is 22.2. The summed E-state index contributed by atoms with van der Waals surface area (Å²) in [6.07, 6.45) is 4.31. The van der Waals surface area contributed by atoms with Gasteiger partial charge in [-0.15, -0.1) is 0 Å². The summed E-state index contributed by atoms with van der Waals surface area (Å²) in [7, 11) is -10.5. The molecule has 2 aromatic rings. The zero-order valence-electron chi connectivity index (χ0n) is 40.7. The van der Waals surface area contributed by atoms with Gasteiger partial charge in [-0.25, -0.2) is 56.2 Å². The summed E-state index contributed by atoms with van der Waals surface area (Å²) in [6, 6.07) is 1.60. The molecule has 352 valence electrons.